The van der Waals surface area contributed by atoms with Crippen LogP contribution in [0.25, 0.3) is 5.76 Å². The normalized spacial score (nSPS) is 16.4. The van der Waals surface area contributed by atoms with E-state index in [0.29, 0.717) is 60.2 Å². The number of carbonyl (C=O) groups is 2. The Labute approximate surface area is 235 Å². The highest BCUT2D eigenvalue weighted by molar-refractivity contribution is 6.46. The van der Waals surface area contributed by atoms with E-state index in [4.69, 9.17) is 14.2 Å². The van der Waals surface area contributed by atoms with Gasteiger partial charge >= 0.3 is 0 Å². The monoisotopic (exact) mass is 544 g/mol. The first-order valence-electron chi connectivity index (χ1n) is 13.3. The van der Waals surface area contributed by atoms with Crippen LogP contribution in [0.15, 0.2) is 72.3 Å². The van der Waals surface area contributed by atoms with Crippen molar-refractivity contribution >= 4 is 17.4 Å². The Bertz CT molecular complexity index is 1400. The van der Waals surface area contributed by atoms with Gasteiger partial charge in [0, 0.05) is 18.7 Å². The zero-order valence-electron chi connectivity index (χ0n) is 23.6. The molecule has 3 aromatic carbocycles. The van der Waals surface area contributed by atoms with E-state index in [2.05, 4.69) is 0 Å². The summed E-state index contributed by atoms with van der Waals surface area (Å²) in [5, 5.41) is 11.6. The number of hydrogen-bond donors (Lipinski definition) is 1. The summed E-state index contributed by atoms with van der Waals surface area (Å²) in [6, 6.07) is 19.6. The summed E-state index contributed by atoms with van der Waals surface area (Å²) in [6.07, 6.45) is 0. The average molecular weight is 545 g/mol. The van der Waals surface area contributed by atoms with Crippen molar-refractivity contribution in [1.29, 1.82) is 0 Å². The predicted molar refractivity (Wildman–Crippen MR) is 154 cm³/mol. The van der Waals surface area contributed by atoms with Crippen LogP contribution < -0.4 is 14.2 Å². The van der Waals surface area contributed by atoms with Crippen LogP contribution in [0.2, 0.25) is 0 Å². The van der Waals surface area contributed by atoms with Gasteiger partial charge in [0.2, 0.25) is 0 Å². The number of aliphatic hydroxyl groups is 1. The van der Waals surface area contributed by atoms with Gasteiger partial charge < -0.3 is 29.1 Å². The van der Waals surface area contributed by atoms with E-state index < -0.39 is 17.7 Å². The van der Waals surface area contributed by atoms with Crippen molar-refractivity contribution in [2.45, 2.75) is 26.5 Å². The Hall–Kier alpha value is -4.30. The number of rotatable bonds is 11. The van der Waals surface area contributed by atoms with E-state index in [1.54, 1.807) is 30.3 Å². The molecular weight excluding hydrogens is 508 g/mol. The standard InChI is InChI=1S/C32H36N2O6/c1-6-39-26-15-12-23(19-27(26)38-5)29-28(31(36)32(37)34(29)17-16-33(3)4)30(35)25-14-13-24(18-21(25)2)40-20-22-10-8-7-9-11-22/h7-15,18-19,29,35H,6,16-17,20H2,1-5H3/t29-/m0/s1. The second kappa shape index (κ2) is 12.7. The molecule has 0 bridgehead atoms. The molecule has 0 unspecified atom stereocenters. The topological polar surface area (TPSA) is 88.5 Å². The number of hydrogen-bond acceptors (Lipinski definition) is 7. The molecule has 1 amide bonds. The van der Waals surface area contributed by atoms with E-state index in [0.717, 1.165) is 5.56 Å². The number of likely N-dealkylation sites (tertiary alicyclic amines) is 1. The summed E-state index contributed by atoms with van der Waals surface area (Å²) in [5.74, 6) is 0.0713. The van der Waals surface area contributed by atoms with Gasteiger partial charge in [0.05, 0.1) is 25.3 Å². The van der Waals surface area contributed by atoms with Crippen LogP contribution in [0.4, 0.5) is 0 Å². The van der Waals surface area contributed by atoms with Crippen LogP contribution in [0.5, 0.6) is 17.2 Å². The van der Waals surface area contributed by atoms with Crippen LogP contribution in [0.3, 0.4) is 0 Å². The lowest BCUT2D eigenvalue weighted by Crippen LogP contribution is -2.35. The third kappa shape index (κ3) is 6.13. The van der Waals surface area contributed by atoms with Crippen molar-refractivity contribution < 1.29 is 28.9 Å². The minimum absolute atomic E-state index is 0.0380. The van der Waals surface area contributed by atoms with Crippen LogP contribution >= 0.6 is 0 Å². The maximum Gasteiger partial charge on any atom is 0.295 e. The molecule has 1 aliphatic heterocycles. The Balaban J connectivity index is 1.74. The van der Waals surface area contributed by atoms with Gasteiger partial charge in [-0.1, -0.05) is 36.4 Å². The van der Waals surface area contributed by atoms with Crippen LogP contribution in [-0.4, -0.2) is 67.5 Å². The summed E-state index contributed by atoms with van der Waals surface area (Å²) in [4.78, 5) is 30.1. The summed E-state index contributed by atoms with van der Waals surface area (Å²) in [7, 11) is 5.34. The van der Waals surface area contributed by atoms with E-state index in [-0.39, 0.29) is 11.3 Å². The Morgan fingerprint density at radius 2 is 1.73 bits per heavy atom. The fourth-order valence-electron chi connectivity index (χ4n) is 4.77. The fourth-order valence-corrected chi connectivity index (χ4v) is 4.77. The number of benzene rings is 3. The van der Waals surface area contributed by atoms with Crippen LogP contribution in [0, 0.1) is 6.92 Å². The molecule has 8 nitrogen and oxygen atoms in total. The lowest BCUT2D eigenvalue weighted by Gasteiger charge is -2.27. The molecule has 0 radical (unpaired) electrons. The number of Topliss-reactive ketones (excluding diaryl/α,β-unsaturated/α-hetero) is 1. The Kier molecular flexibility index (Phi) is 9.11. The minimum Gasteiger partial charge on any atom is -0.507 e. The molecule has 0 spiro atoms. The van der Waals surface area contributed by atoms with Crippen molar-refractivity contribution in [2.75, 3.05) is 40.9 Å². The second-order valence-corrected chi connectivity index (χ2v) is 9.89. The molecule has 8 heteroatoms. The SMILES string of the molecule is CCOc1ccc([C@H]2C(=C(O)c3ccc(OCc4ccccc4)cc3C)C(=O)C(=O)N2CCN(C)C)cc1OC. The lowest BCUT2D eigenvalue weighted by atomic mass is 9.93. The molecule has 1 aliphatic rings. The highest BCUT2D eigenvalue weighted by Crippen LogP contribution is 2.42. The molecule has 210 valence electrons. The quantitative estimate of drug-likeness (QED) is 0.207. The van der Waals surface area contributed by atoms with Gasteiger partial charge in [0.25, 0.3) is 11.7 Å². The van der Waals surface area contributed by atoms with Gasteiger partial charge in [-0.15, -0.1) is 0 Å². The fraction of sp³-hybridized carbons (Fsp3) is 0.312. The number of nitrogens with zero attached hydrogens (tertiary/aromatic N) is 2. The predicted octanol–water partition coefficient (Wildman–Crippen LogP) is 4.96. The van der Waals surface area contributed by atoms with E-state index >= 15 is 0 Å². The lowest BCUT2D eigenvalue weighted by molar-refractivity contribution is -0.140. The van der Waals surface area contributed by atoms with Gasteiger partial charge in [-0.25, -0.2) is 0 Å². The number of ketones is 1. The maximum absolute atomic E-state index is 13.4. The van der Waals surface area contributed by atoms with Crippen molar-refractivity contribution in [3.8, 4) is 17.2 Å². The molecule has 1 saturated heterocycles. The molecule has 0 aliphatic carbocycles. The smallest absolute Gasteiger partial charge is 0.295 e. The van der Waals surface area contributed by atoms with Gasteiger partial charge in [0.1, 0.15) is 18.1 Å². The molecule has 1 N–H and O–H groups in total. The molecular formula is C32H36N2O6. The minimum atomic E-state index is -0.794. The van der Waals surface area contributed by atoms with Crippen molar-refractivity contribution in [1.82, 2.24) is 9.80 Å². The van der Waals surface area contributed by atoms with E-state index in [1.807, 2.05) is 69.2 Å². The van der Waals surface area contributed by atoms with E-state index in [9.17, 15) is 14.7 Å². The number of likely N-dealkylation sites (N-methyl/N-ethyl adjacent to an activating group) is 1. The molecule has 1 fully saturated rings. The highest BCUT2D eigenvalue weighted by Gasteiger charge is 2.46. The summed E-state index contributed by atoms with van der Waals surface area (Å²) < 4.78 is 17.1. The third-order valence-electron chi connectivity index (χ3n) is 6.83. The summed E-state index contributed by atoms with van der Waals surface area (Å²) in [6.45, 7) is 5.43. The number of methoxy groups -OCH3 is 1. The Morgan fingerprint density at radius 1 is 0.975 bits per heavy atom. The number of carbonyl (C=O) groups excluding carboxylic acids is 2. The number of amides is 1. The summed E-state index contributed by atoms with van der Waals surface area (Å²) in [5.41, 5.74) is 2.89. The molecule has 1 heterocycles. The Morgan fingerprint density at radius 3 is 2.38 bits per heavy atom. The molecule has 1 atom stereocenters. The zero-order valence-corrected chi connectivity index (χ0v) is 23.6. The first kappa shape index (κ1) is 28.7. The number of aliphatic hydroxyl groups excluding tert-OH is 1. The molecule has 3 aromatic rings. The molecule has 4 rings (SSSR count). The first-order chi connectivity index (χ1) is 19.2. The second-order valence-electron chi connectivity index (χ2n) is 9.89. The largest absolute Gasteiger partial charge is 0.507 e. The maximum atomic E-state index is 13.4. The van der Waals surface area contributed by atoms with Gasteiger partial charge in [0.15, 0.2) is 11.5 Å². The van der Waals surface area contributed by atoms with E-state index in [1.165, 1.54) is 12.0 Å². The highest BCUT2D eigenvalue weighted by atomic mass is 16.5. The zero-order chi connectivity index (χ0) is 28.8. The van der Waals surface area contributed by atoms with Gasteiger partial charge in [-0.2, -0.15) is 0 Å². The van der Waals surface area contributed by atoms with Crippen molar-refractivity contribution in [2.24, 2.45) is 0 Å². The molecule has 40 heavy (non-hydrogen) atoms. The third-order valence-corrected chi connectivity index (χ3v) is 6.83. The van der Waals surface area contributed by atoms with Crippen LogP contribution in [-0.2, 0) is 16.2 Å². The average Bonchev–Trinajstić information content (AvgIpc) is 3.20. The molecule has 0 aromatic heterocycles. The molecule has 0 saturated carbocycles. The van der Waals surface area contributed by atoms with Gasteiger partial charge in [-0.05, 0) is 75.0 Å². The number of ether oxygens (including phenoxy) is 3. The van der Waals surface area contributed by atoms with Crippen LogP contribution in [0.1, 0.15) is 35.2 Å². The van der Waals surface area contributed by atoms with Gasteiger partial charge in [-0.3, -0.25) is 9.59 Å². The van der Waals surface area contributed by atoms with Crippen molar-refractivity contribution in [3.63, 3.8) is 0 Å². The van der Waals surface area contributed by atoms with Crippen molar-refractivity contribution in [3.05, 3.63) is 94.6 Å². The summed E-state index contributed by atoms with van der Waals surface area (Å²) >= 11 is 0. The number of aryl methyl sites for hydroxylation is 1. The first-order valence-corrected chi connectivity index (χ1v) is 13.3.